The van der Waals surface area contributed by atoms with Crippen molar-refractivity contribution in [3.8, 4) is 11.5 Å². The highest BCUT2D eigenvalue weighted by Crippen LogP contribution is 2.28. The van der Waals surface area contributed by atoms with Gasteiger partial charge in [0, 0.05) is 18.5 Å². The van der Waals surface area contributed by atoms with Gasteiger partial charge in [0.25, 0.3) is 0 Å². The number of rotatable bonds is 6. The van der Waals surface area contributed by atoms with Crippen molar-refractivity contribution in [1.82, 2.24) is 4.90 Å². The second-order valence-electron chi connectivity index (χ2n) is 7.29. The van der Waals surface area contributed by atoms with Crippen LogP contribution in [0.15, 0.2) is 48.5 Å². The molecule has 6 heteroatoms. The third-order valence-electron chi connectivity index (χ3n) is 3.88. The lowest BCUT2D eigenvalue weighted by Crippen LogP contribution is -2.37. The smallest absolute Gasteiger partial charge is 0.410 e. The highest BCUT2D eigenvalue weighted by molar-refractivity contribution is 6.30. The van der Waals surface area contributed by atoms with Crippen LogP contribution < -0.4 is 4.74 Å². The number of aromatic hydroxyl groups is 1. The topological polar surface area (TPSA) is 59.0 Å². The van der Waals surface area contributed by atoms with Gasteiger partial charge in [-0.05, 0) is 62.7 Å². The third kappa shape index (κ3) is 6.68. The van der Waals surface area contributed by atoms with E-state index in [2.05, 4.69) is 0 Å². The van der Waals surface area contributed by atoms with Crippen molar-refractivity contribution < 1.29 is 19.4 Å². The van der Waals surface area contributed by atoms with Crippen LogP contribution in [0.1, 0.15) is 38.8 Å². The Labute approximate surface area is 165 Å². The Morgan fingerprint density at radius 3 is 2.44 bits per heavy atom. The van der Waals surface area contributed by atoms with Crippen molar-refractivity contribution in [1.29, 1.82) is 0 Å². The minimum absolute atomic E-state index is 0.147. The monoisotopic (exact) mass is 391 g/mol. The van der Waals surface area contributed by atoms with Gasteiger partial charge in [0.05, 0.1) is 12.6 Å². The molecule has 1 amide bonds. The van der Waals surface area contributed by atoms with E-state index >= 15 is 0 Å². The first-order valence-electron chi connectivity index (χ1n) is 8.79. The van der Waals surface area contributed by atoms with Crippen LogP contribution >= 0.6 is 11.6 Å². The molecule has 0 fully saturated rings. The van der Waals surface area contributed by atoms with Gasteiger partial charge in [0.1, 0.15) is 17.1 Å². The molecule has 0 bridgehead atoms. The summed E-state index contributed by atoms with van der Waals surface area (Å²) in [4.78, 5) is 14.0. The largest absolute Gasteiger partial charge is 0.508 e. The Morgan fingerprint density at radius 1 is 1.19 bits per heavy atom. The maximum atomic E-state index is 12.5. The number of carbonyl (C=O) groups excluding carboxylic acids is 1. The second-order valence-corrected chi connectivity index (χ2v) is 7.73. The quantitative estimate of drug-likeness (QED) is 0.713. The zero-order valence-corrected chi connectivity index (χ0v) is 16.9. The molecule has 0 radical (unpaired) electrons. The van der Waals surface area contributed by atoms with Crippen LogP contribution in [0.2, 0.25) is 5.02 Å². The maximum Gasteiger partial charge on any atom is 0.410 e. The molecule has 0 aromatic heterocycles. The van der Waals surface area contributed by atoms with Gasteiger partial charge in [0.2, 0.25) is 0 Å². The van der Waals surface area contributed by atoms with Gasteiger partial charge in [-0.2, -0.15) is 0 Å². The summed E-state index contributed by atoms with van der Waals surface area (Å²) in [5.41, 5.74) is 0.220. The fourth-order valence-electron chi connectivity index (χ4n) is 2.60. The highest BCUT2D eigenvalue weighted by Gasteiger charge is 2.26. The Kier molecular flexibility index (Phi) is 6.97. The molecule has 1 N–H and O–H groups in total. The van der Waals surface area contributed by atoms with E-state index in [9.17, 15) is 9.90 Å². The number of benzene rings is 2. The highest BCUT2D eigenvalue weighted by atomic mass is 35.5. The molecule has 0 spiro atoms. The number of halogens is 1. The van der Waals surface area contributed by atoms with Gasteiger partial charge in [-0.25, -0.2) is 4.79 Å². The Balaban J connectivity index is 2.11. The van der Waals surface area contributed by atoms with Gasteiger partial charge >= 0.3 is 6.09 Å². The molecule has 5 nitrogen and oxygen atoms in total. The molecule has 146 valence electrons. The Morgan fingerprint density at radius 2 is 1.85 bits per heavy atom. The van der Waals surface area contributed by atoms with E-state index in [-0.39, 0.29) is 11.8 Å². The van der Waals surface area contributed by atoms with Crippen molar-refractivity contribution in [2.45, 2.75) is 38.8 Å². The second kappa shape index (κ2) is 9.00. The summed E-state index contributed by atoms with van der Waals surface area (Å²) in [6.07, 6.45) is 0.101. The normalized spacial score (nSPS) is 12.3. The van der Waals surface area contributed by atoms with Crippen LogP contribution in [-0.4, -0.2) is 35.4 Å². The van der Waals surface area contributed by atoms with E-state index in [0.717, 1.165) is 5.56 Å². The number of nitrogens with zero attached hydrogens (tertiary/aromatic N) is 1. The molecule has 2 aromatic carbocycles. The van der Waals surface area contributed by atoms with Gasteiger partial charge in [-0.15, -0.1) is 0 Å². The minimum atomic E-state index is -0.589. The van der Waals surface area contributed by atoms with E-state index in [0.29, 0.717) is 23.8 Å². The van der Waals surface area contributed by atoms with Crippen LogP contribution in [0.25, 0.3) is 0 Å². The fraction of sp³-hybridized carbons (Fsp3) is 0.381. The van der Waals surface area contributed by atoms with Crippen molar-refractivity contribution in [2.24, 2.45) is 0 Å². The third-order valence-corrected chi connectivity index (χ3v) is 4.13. The minimum Gasteiger partial charge on any atom is -0.508 e. The summed E-state index contributed by atoms with van der Waals surface area (Å²) in [5, 5.41) is 10.5. The molecule has 2 rings (SSSR count). The lowest BCUT2D eigenvalue weighted by Gasteiger charge is -2.31. The van der Waals surface area contributed by atoms with Gasteiger partial charge in [-0.3, -0.25) is 0 Å². The van der Waals surface area contributed by atoms with E-state index in [1.54, 1.807) is 49.5 Å². The number of amides is 1. The summed E-state index contributed by atoms with van der Waals surface area (Å²) >= 11 is 5.88. The molecule has 0 saturated heterocycles. The molecule has 0 heterocycles. The lowest BCUT2D eigenvalue weighted by atomic mass is 10.0. The van der Waals surface area contributed by atoms with Crippen LogP contribution in [0, 0.1) is 0 Å². The number of hydrogen-bond acceptors (Lipinski definition) is 4. The predicted molar refractivity (Wildman–Crippen MR) is 106 cm³/mol. The molecule has 27 heavy (non-hydrogen) atoms. The first-order chi connectivity index (χ1) is 12.7. The van der Waals surface area contributed by atoms with Crippen molar-refractivity contribution in [2.75, 3.05) is 13.7 Å². The van der Waals surface area contributed by atoms with Crippen molar-refractivity contribution in [3.05, 3.63) is 59.1 Å². The molecule has 2 aromatic rings. The number of phenols is 1. The summed E-state index contributed by atoms with van der Waals surface area (Å²) in [5.74, 6) is 0.850. The van der Waals surface area contributed by atoms with Crippen LogP contribution in [0.3, 0.4) is 0 Å². The van der Waals surface area contributed by atoms with Gasteiger partial charge in [0.15, 0.2) is 0 Å². The molecule has 1 unspecified atom stereocenters. The SMILES string of the molecule is CN(C(=O)OC(C)(C)C)C(CCOc1ccc(Cl)cc1)c1cccc(O)c1. The molecule has 1 atom stereocenters. The maximum absolute atomic E-state index is 12.5. The zero-order chi connectivity index (χ0) is 20.0. The average molecular weight is 392 g/mol. The summed E-state index contributed by atoms with van der Waals surface area (Å²) in [7, 11) is 1.69. The Bertz CT molecular complexity index is 756. The van der Waals surface area contributed by atoms with Crippen molar-refractivity contribution >= 4 is 17.7 Å². The first-order valence-corrected chi connectivity index (χ1v) is 9.16. The molecule has 0 aliphatic heterocycles. The number of hydrogen-bond donors (Lipinski definition) is 1. The van der Waals surface area contributed by atoms with Crippen molar-refractivity contribution in [3.63, 3.8) is 0 Å². The van der Waals surface area contributed by atoms with Crippen LogP contribution in [-0.2, 0) is 4.74 Å². The average Bonchev–Trinajstić information content (AvgIpc) is 2.58. The predicted octanol–water partition coefficient (Wildman–Crippen LogP) is 5.42. The molecular formula is C21H26ClNO4. The van der Waals surface area contributed by atoms with E-state index in [1.165, 1.54) is 4.90 Å². The lowest BCUT2D eigenvalue weighted by molar-refractivity contribution is 0.0201. The van der Waals surface area contributed by atoms with Gasteiger partial charge in [-0.1, -0.05) is 23.7 Å². The molecule has 0 aliphatic rings. The number of ether oxygens (including phenoxy) is 2. The number of phenolic OH excluding ortho intramolecular Hbond substituents is 1. The van der Waals surface area contributed by atoms with E-state index in [4.69, 9.17) is 21.1 Å². The standard InChI is InChI=1S/C21H26ClNO4/c1-21(2,3)27-20(25)23(4)19(15-6-5-7-17(24)14-15)12-13-26-18-10-8-16(22)9-11-18/h5-11,14,19,24H,12-13H2,1-4H3. The summed E-state index contributed by atoms with van der Waals surface area (Å²) in [6, 6.07) is 13.7. The molecular weight excluding hydrogens is 366 g/mol. The van der Waals surface area contributed by atoms with Crippen LogP contribution in [0.5, 0.6) is 11.5 Å². The zero-order valence-electron chi connectivity index (χ0n) is 16.1. The van der Waals surface area contributed by atoms with Gasteiger partial charge < -0.3 is 19.5 Å². The summed E-state index contributed by atoms with van der Waals surface area (Å²) in [6.45, 7) is 5.86. The van der Waals surface area contributed by atoms with E-state index in [1.807, 2.05) is 26.8 Å². The first kappa shape index (κ1) is 20.9. The van der Waals surface area contributed by atoms with Crippen LogP contribution in [0.4, 0.5) is 4.79 Å². The molecule has 0 saturated carbocycles. The van der Waals surface area contributed by atoms with E-state index < -0.39 is 11.7 Å². The number of carbonyl (C=O) groups is 1. The summed E-state index contributed by atoms with van der Waals surface area (Å²) < 4.78 is 11.3. The Hall–Kier alpha value is -2.40. The fourth-order valence-corrected chi connectivity index (χ4v) is 2.72. The molecule has 0 aliphatic carbocycles.